The van der Waals surface area contributed by atoms with Crippen LogP contribution in [0.5, 0.6) is 5.75 Å². The highest BCUT2D eigenvalue weighted by Gasteiger charge is 2.27. The molecule has 7 heteroatoms. The van der Waals surface area contributed by atoms with Crippen LogP contribution >= 0.6 is 27.5 Å². The van der Waals surface area contributed by atoms with Crippen LogP contribution in [-0.2, 0) is 9.59 Å². The van der Waals surface area contributed by atoms with Crippen molar-refractivity contribution in [2.24, 2.45) is 0 Å². The van der Waals surface area contributed by atoms with E-state index >= 15 is 0 Å². The van der Waals surface area contributed by atoms with E-state index in [9.17, 15) is 9.59 Å². The Morgan fingerprint density at radius 3 is 2.62 bits per heavy atom. The van der Waals surface area contributed by atoms with Crippen molar-refractivity contribution < 1.29 is 19.4 Å². The average Bonchev–Trinajstić information content (AvgIpc) is 2.30. The van der Waals surface area contributed by atoms with E-state index in [2.05, 4.69) is 21.2 Å². The maximum Gasteiger partial charge on any atom is 0.305 e. The normalized spacial score (nSPS) is 12.6. The number of carboxylic acids is 1. The predicted molar refractivity (Wildman–Crippen MR) is 83.7 cm³/mol. The summed E-state index contributed by atoms with van der Waals surface area (Å²) in [7, 11) is 0. The smallest absolute Gasteiger partial charge is 0.305 e. The number of ether oxygens (including phenoxy) is 1. The summed E-state index contributed by atoms with van der Waals surface area (Å²) < 4.78 is 6.19. The molecule has 0 aromatic heterocycles. The van der Waals surface area contributed by atoms with Gasteiger partial charge in [-0.25, -0.2) is 0 Å². The first-order chi connectivity index (χ1) is 9.60. The summed E-state index contributed by atoms with van der Waals surface area (Å²) in [5.74, 6) is -0.879. The second-order valence-electron chi connectivity index (χ2n) is 5.28. The topological polar surface area (TPSA) is 75.6 Å². The second-order valence-corrected chi connectivity index (χ2v) is 6.57. The Morgan fingerprint density at radius 2 is 2.10 bits per heavy atom. The number of hydrogen-bond acceptors (Lipinski definition) is 3. The molecule has 1 unspecified atom stereocenters. The Kier molecular flexibility index (Phi) is 6.04. The number of nitrogens with one attached hydrogen (secondary N) is 1. The maximum atomic E-state index is 12.1. The van der Waals surface area contributed by atoms with E-state index in [0.29, 0.717) is 15.2 Å². The minimum atomic E-state index is -0.977. The molecular formula is C14H17BrClNO4. The molecule has 1 aromatic rings. The fraction of sp³-hybridized carbons (Fsp3) is 0.429. The predicted octanol–water partition coefficient (Wildman–Crippen LogP) is 3.24. The van der Waals surface area contributed by atoms with E-state index < -0.39 is 17.6 Å². The summed E-state index contributed by atoms with van der Waals surface area (Å²) in [5, 5.41) is 12.0. The lowest BCUT2D eigenvalue weighted by atomic mass is 10.0. The largest absolute Gasteiger partial charge is 0.481 e. The molecule has 0 aliphatic heterocycles. The van der Waals surface area contributed by atoms with Gasteiger partial charge in [-0.05, 0) is 54.9 Å². The van der Waals surface area contributed by atoms with Crippen molar-refractivity contribution in [2.75, 3.05) is 0 Å². The van der Waals surface area contributed by atoms with E-state index in [1.165, 1.54) is 0 Å². The highest BCUT2D eigenvalue weighted by atomic mass is 79.9. The molecule has 0 fully saturated rings. The zero-order valence-electron chi connectivity index (χ0n) is 11.9. The van der Waals surface area contributed by atoms with Gasteiger partial charge in [-0.1, -0.05) is 11.6 Å². The van der Waals surface area contributed by atoms with Crippen molar-refractivity contribution in [3.63, 3.8) is 0 Å². The number of aliphatic carboxylic acids is 1. The van der Waals surface area contributed by atoms with E-state index in [-0.39, 0.29) is 12.3 Å². The number of amides is 1. The van der Waals surface area contributed by atoms with Crippen molar-refractivity contribution in [3.8, 4) is 5.75 Å². The molecule has 0 saturated carbocycles. The van der Waals surface area contributed by atoms with Gasteiger partial charge in [0, 0.05) is 10.6 Å². The summed E-state index contributed by atoms with van der Waals surface area (Å²) in [6.45, 7) is 4.88. The van der Waals surface area contributed by atoms with Gasteiger partial charge in [0.05, 0.1) is 10.9 Å². The summed E-state index contributed by atoms with van der Waals surface area (Å²) in [4.78, 5) is 22.8. The third kappa shape index (κ3) is 5.93. The van der Waals surface area contributed by atoms with E-state index in [0.717, 1.165) is 0 Å². The van der Waals surface area contributed by atoms with E-state index in [1.54, 1.807) is 39.0 Å². The molecule has 0 heterocycles. The molecule has 116 valence electrons. The molecule has 1 aromatic carbocycles. The Balaban J connectivity index is 2.68. The van der Waals surface area contributed by atoms with Gasteiger partial charge >= 0.3 is 5.97 Å². The average molecular weight is 379 g/mol. The van der Waals surface area contributed by atoms with Gasteiger partial charge in [-0.15, -0.1) is 0 Å². The molecule has 0 saturated heterocycles. The summed E-state index contributed by atoms with van der Waals surface area (Å²) >= 11 is 9.13. The minimum absolute atomic E-state index is 0.171. The first-order valence-corrected chi connectivity index (χ1v) is 7.43. The van der Waals surface area contributed by atoms with Crippen molar-refractivity contribution >= 4 is 39.4 Å². The number of carbonyl (C=O) groups excluding carboxylic acids is 1. The molecule has 21 heavy (non-hydrogen) atoms. The Labute approximate surface area is 136 Å². The third-order valence-corrected chi connectivity index (χ3v) is 3.48. The molecule has 1 atom stereocenters. The summed E-state index contributed by atoms with van der Waals surface area (Å²) in [6.07, 6.45) is -0.939. The number of halogens is 2. The molecule has 0 aliphatic carbocycles. The van der Waals surface area contributed by atoms with Crippen LogP contribution < -0.4 is 10.1 Å². The molecule has 2 N–H and O–H groups in total. The van der Waals surface area contributed by atoms with Crippen molar-refractivity contribution in [2.45, 2.75) is 38.8 Å². The number of carboxylic acid groups (broad SMARTS) is 1. The lowest BCUT2D eigenvalue weighted by molar-refractivity contribution is -0.139. The standard InChI is InChI=1S/C14H17BrClNO4/c1-8(13(20)17-14(2,3)7-12(18)19)21-11-5-4-9(16)6-10(11)15/h4-6,8H,7H2,1-3H3,(H,17,20)(H,18,19). The zero-order chi connectivity index (χ0) is 16.2. The van der Waals surface area contributed by atoms with Crippen molar-refractivity contribution in [1.29, 1.82) is 0 Å². The Morgan fingerprint density at radius 1 is 1.48 bits per heavy atom. The van der Waals surface area contributed by atoms with Gasteiger partial charge in [0.15, 0.2) is 6.10 Å². The number of benzene rings is 1. The van der Waals surface area contributed by atoms with E-state index in [1.807, 2.05) is 0 Å². The zero-order valence-corrected chi connectivity index (χ0v) is 14.3. The van der Waals surface area contributed by atoms with Gasteiger partial charge in [0.1, 0.15) is 5.75 Å². The van der Waals surface area contributed by atoms with Gasteiger partial charge < -0.3 is 15.2 Å². The maximum absolute atomic E-state index is 12.1. The SMILES string of the molecule is CC(Oc1ccc(Cl)cc1Br)C(=O)NC(C)(C)CC(=O)O. The monoisotopic (exact) mass is 377 g/mol. The second kappa shape index (κ2) is 7.13. The third-order valence-electron chi connectivity index (χ3n) is 2.62. The molecule has 0 radical (unpaired) electrons. The Bertz CT molecular complexity index is 548. The molecule has 0 aliphatic rings. The van der Waals surface area contributed by atoms with Crippen molar-refractivity contribution in [1.82, 2.24) is 5.32 Å². The van der Waals surface area contributed by atoms with Crippen LogP contribution in [0.3, 0.4) is 0 Å². The van der Waals surface area contributed by atoms with Crippen LogP contribution in [0.4, 0.5) is 0 Å². The molecule has 0 spiro atoms. The van der Waals surface area contributed by atoms with Gasteiger partial charge in [0.25, 0.3) is 5.91 Å². The minimum Gasteiger partial charge on any atom is -0.481 e. The fourth-order valence-corrected chi connectivity index (χ4v) is 2.45. The first kappa shape index (κ1) is 17.8. The van der Waals surface area contributed by atoms with Crippen LogP contribution in [0.15, 0.2) is 22.7 Å². The van der Waals surface area contributed by atoms with Crippen LogP contribution in [0, 0.1) is 0 Å². The van der Waals surface area contributed by atoms with Crippen LogP contribution in [0.2, 0.25) is 5.02 Å². The lowest BCUT2D eigenvalue weighted by Gasteiger charge is -2.26. The highest BCUT2D eigenvalue weighted by molar-refractivity contribution is 9.10. The number of rotatable bonds is 6. The fourth-order valence-electron chi connectivity index (χ4n) is 1.67. The summed E-state index contributed by atoms with van der Waals surface area (Å²) in [6, 6.07) is 4.97. The van der Waals surface area contributed by atoms with Gasteiger partial charge in [-0.3, -0.25) is 9.59 Å². The van der Waals surface area contributed by atoms with Gasteiger partial charge in [0.2, 0.25) is 0 Å². The first-order valence-electron chi connectivity index (χ1n) is 6.26. The van der Waals surface area contributed by atoms with Crippen LogP contribution in [0.1, 0.15) is 27.2 Å². The van der Waals surface area contributed by atoms with E-state index in [4.69, 9.17) is 21.4 Å². The number of carbonyl (C=O) groups is 2. The molecule has 1 rings (SSSR count). The molecule has 1 amide bonds. The highest BCUT2D eigenvalue weighted by Crippen LogP contribution is 2.28. The number of hydrogen-bond donors (Lipinski definition) is 2. The molecule has 0 bridgehead atoms. The lowest BCUT2D eigenvalue weighted by Crippen LogP contribution is -2.49. The quantitative estimate of drug-likeness (QED) is 0.797. The Hall–Kier alpha value is -1.27. The van der Waals surface area contributed by atoms with Crippen LogP contribution in [0.25, 0.3) is 0 Å². The van der Waals surface area contributed by atoms with Gasteiger partial charge in [-0.2, -0.15) is 0 Å². The van der Waals surface area contributed by atoms with Crippen LogP contribution in [-0.4, -0.2) is 28.6 Å². The molecular weight excluding hydrogens is 362 g/mol. The molecule has 5 nitrogen and oxygen atoms in total. The van der Waals surface area contributed by atoms with Crippen molar-refractivity contribution in [3.05, 3.63) is 27.7 Å². The summed E-state index contributed by atoms with van der Waals surface area (Å²) in [5.41, 5.74) is -0.849.